The molecule has 0 radical (unpaired) electrons. The van der Waals surface area contributed by atoms with Gasteiger partial charge in [-0.25, -0.2) is 8.42 Å². The van der Waals surface area contributed by atoms with E-state index in [1.54, 1.807) is 41.8 Å². The molecular formula is C17H14ClNO4S2. The monoisotopic (exact) mass is 395 g/mol. The van der Waals surface area contributed by atoms with Crippen molar-refractivity contribution in [3.8, 4) is 0 Å². The second-order valence-corrected chi connectivity index (χ2v) is 8.94. The number of carbonyl (C=O) groups is 1. The van der Waals surface area contributed by atoms with Gasteiger partial charge in [0, 0.05) is 17.1 Å². The first-order valence-corrected chi connectivity index (χ1v) is 10.1. The molecule has 8 heteroatoms. The van der Waals surface area contributed by atoms with Crippen LogP contribution in [0.25, 0.3) is 0 Å². The Bertz CT molecular complexity index is 950. The summed E-state index contributed by atoms with van der Waals surface area (Å²) < 4.78 is 31.3. The van der Waals surface area contributed by atoms with Gasteiger partial charge in [-0.2, -0.15) is 0 Å². The van der Waals surface area contributed by atoms with E-state index in [9.17, 15) is 13.2 Å². The number of carbonyl (C=O) groups excluding carboxylic acids is 1. The molecule has 3 rings (SSSR count). The van der Waals surface area contributed by atoms with Crippen LogP contribution in [-0.4, -0.2) is 20.9 Å². The summed E-state index contributed by atoms with van der Waals surface area (Å²) in [4.78, 5) is 12.3. The number of furan rings is 1. The van der Waals surface area contributed by atoms with Crippen LogP contribution in [0.1, 0.15) is 21.4 Å². The lowest BCUT2D eigenvalue weighted by molar-refractivity contribution is 0.0953. The average Bonchev–Trinajstić information content (AvgIpc) is 3.28. The van der Waals surface area contributed by atoms with Crippen molar-refractivity contribution in [2.45, 2.75) is 9.46 Å². The van der Waals surface area contributed by atoms with E-state index in [0.29, 0.717) is 10.6 Å². The van der Waals surface area contributed by atoms with Crippen LogP contribution in [0.2, 0.25) is 5.02 Å². The maximum atomic E-state index is 12.9. The molecule has 3 aromatic rings. The lowest BCUT2D eigenvalue weighted by Gasteiger charge is -2.15. The van der Waals surface area contributed by atoms with Crippen molar-refractivity contribution in [1.82, 2.24) is 5.32 Å². The van der Waals surface area contributed by atoms with E-state index in [1.807, 2.05) is 0 Å². The summed E-state index contributed by atoms with van der Waals surface area (Å²) in [6, 6.07) is 12.8. The number of nitrogens with one attached hydrogen (secondary N) is 1. The van der Waals surface area contributed by atoms with Crippen LogP contribution in [0.3, 0.4) is 0 Å². The Morgan fingerprint density at radius 2 is 2.04 bits per heavy atom. The highest BCUT2D eigenvalue weighted by molar-refractivity contribution is 7.93. The number of amides is 1. The molecule has 0 saturated heterocycles. The number of sulfone groups is 1. The maximum Gasteiger partial charge on any atom is 0.251 e. The Morgan fingerprint density at radius 1 is 1.20 bits per heavy atom. The molecule has 0 spiro atoms. The zero-order valence-electron chi connectivity index (χ0n) is 12.9. The van der Waals surface area contributed by atoms with Crippen LogP contribution in [0, 0.1) is 0 Å². The van der Waals surface area contributed by atoms with Crippen molar-refractivity contribution < 1.29 is 17.6 Å². The first-order valence-electron chi connectivity index (χ1n) is 7.33. The second kappa shape index (κ2) is 7.43. The molecule has 0 aliphatic carbocycles. The topological polar surface area (TPSA) is 76.4 Å². The largest absolute Gasteiger partial charge is 0.468 e. The molecule has 0 aliphatic rings. The number of hydrogen-bond acceptors (Lipinski definition) is 5. The average molecular weight is 396 g/mol. The number of hydrogen-bond donors (Lipinski definition) is 1. The third-order valence-electron chi connectivity index (χ3n) is 3.55. The summed E-state index contributed by atoms with van der Waals surface area (Å²) in [7, 11) is -3.68. The van der Waals surface area contributed by atoms with E-state index >= 15 is 0 Å². The third kappa shape index (κ3) is 3.95. The van der Waals surface area contributed by atoms with E-state index in [4.69, 9.17) is 16.0 Å². The molecule has 0 bridgehead atoms. The lowest BCUT2D eigenvalue weighted by atomic mass is 10.2. The van der Waals surface area contributed by atoms with Crippen molar-refractivity contribution in [2.75, 3.05) is 6.54 Å². The SMILES string of the molecule is O=C(NC[C@H](c1ccco1)S(=O)(=O)c1cccs1)c1cccc(Cl)c1. The van der Waals surface area contributed by atoms with Crippen molar-refractivity contribution in [3.63, 3.8) is 0 Å². The number of benzene rings is 1. The number of thiophene rings is 1. The smallest absolute Gasteiger partial charge is 0.251 e. The minimum Gasteiger partial charge on any atom is -0.468 e. The predicted octanol–water partition coefficient (Wildman–Crippen LogP) is 3.94. The van der Waals surface area contributed by atoms with Gasteiger partial charge in [0.1, 0.15) is 15.2 Å². The molecule has 0 saturated carbocycles. The molecule has 0 unspecified atom stereocenters. The van der Waals surface area contributed by atoms with Gasteiger partial charge in [0.05, 0.1) is 6.26 Å². The Hall–Kier alpha value is -2.09. The van der Waals surface area contributed by atoms with Crippen LogP contribution in [0.5, 0.6) is 0 Å². The highest BCUT2D eigenvalue weighted by Crippen LogP contribution is 2.31. The van der Waals surface area contributed by atoms with Crippen LogP contribution in [0.15, 0.2) is 68.8 Å². The molecular weight excluding hydrogens is 382 g/mol. The van der Waals surface area contributed by atoms with Gasteiger partial charge < -0.3 is 9.73 Å². The quantitative estimate of drug-likeness (QED) is 0.685. The Balaban J connectivity index is 1.83. The molecule has 1 atom stereocenters. The lowest BCUT2D eigenvalue weighted by Crippen LogP contribution is -2.31. The summed E-state index contributed by atoms with van der Waals surface area (Å²) in [6.45, 7) is -0.112. The minimum absolute atomic E-state index is 0.112. The van der Waals surface area contributed by atoms with E-state index in [1.165, 1.54) is 18.4 Å². The van der Waals surface area contributed by atoms with Gasteiger partial charge in [0.15, 0.2) is 9.84 Å². The zero-order valence-corrected chi connectivity index (χ0v) is 15.3. The molecule has 2 aromatic heterocycles. The van der Waals surface area contributed by atoms with E-state index in [-0.39, 0.29) is 16.5 Å². The summed E-state index contributed by atoms with van der Waals surface area (Å²) >= 11 is 7.01. The first kappa shape index (κ1) is 17.7. The highest BCUT2D eigenvalue weighted by Gasteiger charge is 2.32. The standard InChI is InChI=1S/C17H14ClNO4S2/c18-13-5-1-4-12(10-13)17(20)19-11-15(14-6-2-8-23-14)25(21,22)16-7-3-9-24-16/h1-10,15H,11H2,(H,19,20)/t15-/m1/s1. The van der Waals surface area contributed by atoms with E-state index < -0.39 is 21.0 Å². The van der Waals surface area contributed by atoms with Crippen LogP contribution in [-0.2, 0) is 9.84 Å². The predicted molar refractivity (Wildman–Crippen MR) is 96.7 cm³/mol. The van der Waals surface area contributed by atoms with Gasteiger partial charge >= 0.3 is 0 Å². The molecule has 0 fully saturated rings. The van der Waals surface area contributed by atoms with Crippen molar-refractivity contribution >= 4 is 38.7 Å². The summed E-state index contributed by atoms with van der Waals surface area (Å²) in [5, 5.41) is 3.76. The molecule has 2 heterocycles. The normalized spacial score (nSPS) is 12.7. The van der Waals surface area contributed by atoms with Crippen LogP contribution in [0.4, 0.5) is 0 Å². The van der Waals surface area contributed by atoms with Crippen LogP contribution >= 0.6 is 22.9 Å². The Morgan fingerprint density at radius 3 is 2.68 bits per heavy atom. The Kier molecular flexibility index (Phi) is 5.27. The summed E-state index contributed by atoms with van der Waals surface area (Å²) in [5.41, 5.74) is 0.360. The first-order chi connectivity index (χ1) is 12.0. The molecule has 1 amide bonds. The van der Waals surface area contributed by atoms with Crippen molar-refractivity contribution in [3.05, 3.63) is 76.5 Å². The molecule has 1 aromatic carbocycles. The molecule has 1 N–H and O–H groups in total. The van der Waals surface area contributed by atoms with Crippen LogP contribution < -0.4 is 5.32 Å². The van der Waals surface area contributed by atoms with Gasteiger partial charge in [-0.15, -0.1) is 11.3 Å². The summed E-state index contributed by atoms with van der Waals surface area (Å²) in [6.07, 6.45) is 1.41. The van der Waals surface area contributed by atoms with Crippen molar-refractivity contribution in [1.29, 1.82) is 0 Å². The van der Waals surface area contributed by atoms with Crippen molar-refractivity contribution in [2.24, 2.45) is 0 Å². The fraction of sp³-hybridized carbons (Fsp3) is 0.118. The fourth-order valence-corrected chi connectivity index (χ4v) is 5.30. The molecule has 5 nitrogen and oxygen atoms in total. The molecule has 0 aliphatic heterocycles. The summed E-state index contributed by atoms with van der Waals surface area (Å²) in [5.74, 6) is -0.125. The molecule has 130 valence electrons. The second-order valence-electron chi connectivity index (χ2n) is 5.20. The van der Waals surface area contributed by atoms with Gasteiger partial charge in [0.25, 0.3) is 5.91 Å². The molecule has 25 heavy (non-hydrogen) atoms. The maximum absolute atomic E-state index is 12.9. The zero-order chi connectivity index (χ0) is 17.9. The third-order valence-corrected chi connectivity index (χ3v) is 7.27. The van der Waals surface area contributed by atoms with E-state index in [0.717, 1.165) is 11.3 Å². The number of rotatable bonds is 6. The highest BCUT2D eigenvalue weighted by atomic mass is 35.5. The minimum atomic E-state index is -3.68. The fourth-order valence-electron chi connectivity index (χ4n) is 2.32. The Labute approximate surface area is 154 Å². The van der Waals surface area contributed by atoms with E-state index in [2.05, 4.69) is 5.32 Å². The number of halogens is 1. The van der Waals surface area contributed by atoms with Gasteiger partial charge in [0.2, 0.25) is 0 Å². The van der Waals surface area contributed by atoms with Gasteiger partial charge in [-0.1, -0.05) is 23.7 Å². The van der Waals surface area contributed by atoms with Gasteiger partial charge in [-0.3, -0.25) is 4.79 Å². The van der Waals surface area contributed by atoms with Gasteiger partial charge in [-0.05, 0) is 41.8 Å².